The van der Waals surface area contributed by atoms with Gasteiger partial charge in [-0.2, -0.15) is 4.31 Å². The van der Waals surface area contributed by atoms with E-state index >= 15 is 0 Å². The number of nitrogens with zero attached hydrogens (tertiary/aromatic N) is 1. The van der Waals surface area contributed by atoms with Gasteiger partial charge in [0.15, 0.2) is 0 Å². The van der Waals surface area contributed by atoms with E-state index in [1.807, 2.05) is 0 Å². The van der Waals surface area contributed by atoms with Crippen molar-refractivity contribution in [3.8, 4) is 0 Å². The molecule has 1 aromatic rings. The van der Waals surface area contributed by atoms with Crippen LogP contribution in [0.3, 0.4) is 0 Å². The van der Waals surface area contributed by atoms with Gasteiger partial charge in [0.25, 0.3) is 0 Å². The Hall–Kier alpha value is -0.440. The Kier molecular flexibility index (Phi) is 4.88. The average molecular weight is 343 g/mol. The second-order valence-electron chi connectivity index (χ2n) is 4.29. The lowest BCUT2D eigenvalue weighted by Crippen LogP contribution is -2.48. The zero-order valence-corrected chi connectivity index (χ0v) is 12.7. The van der Waals surface area contributed by atoms with Gasteiger partial charge in [0.1, 0.15) is 10.7 Å². The SMILES string of the molecule is NCC1CN(S(=O)(=O)c2c(Cl)cc(F)cc2Cl)CCO1. The third-order valence-electron chi connectivity index (χ3n) is 2.93. The van der Waals surface area contributed by atoms with Crippen LogP contribution in [-0.4, -0.2) is 45.1 Å². The number of halogens is 3. The zero-order chi connectivity index (χ0) is 14.9. The van der Waals surface area contributed by atoms with E-state index in [4.69, 9.17) is 33.7 Å². The van der Waals surface area contributed by atoms with Crippen molar-refractivity contribution in [2.75, 3.05) is 26.2 Å². The molecule has 1 aromatic carbocycles. The number of sulfonamides is 1. The van der Waals surface area contributed by atoms with Gasteiger partial charge < -0.3 is 10.5 Å². The van der Waals surface area contributed by atoms with E-state index in [1.54, 1.807) is 0 Å². The second-order valence-corrected chi connectivity index (χ2v) is 6.98. The van der Waals surface area contributed by atoms with E-state index in [2.05, 4.69) is 0 Å². The maximum absolute atomic E-state index is 13.1. The maximum atomic E-state index is 13.1. The van der Waals surface area contributed by atoms with Crippen molar-refractivity contribution in [2.45, 2.75) is 11.0 Å². The van der Waals surface area contributed by atoms with Gasteiger partial charge in [-0.05, 0) is 12.1 Å². The fourth-order valence-electron chi connectivity index (χ4n) is 1.96. The molecule has 0 aliphatic carbocycles. The first kappa shape index (κ1) is 15.9. The predicted molar refractivity (Wildman–Crippen MR) is 74.0 cm³/mol. The summed E-state index contributed by atoms with van der Waals surface area (Å²) in [5, 5.41) is -0.489. The van der Waals surface area contributed by atoms with Crippen molar-refractivity contribution in [3.63, 3.8) is 0 Å². The number of morpholine rings is 1. The van der Waals surface area contributed by atoms with Crippen LogP contribution in [0.15, 0.2) is 17.0 Å². The molecule has 1 unspecified atom stereocenters. The molecule has 112 valence electrons. The van der Waals surface area contributed by atoms with Gasteiger partial charge in [0.2, 0.25) is 10.0 Å². The molecular weight excluding hydrogens is 330 g/mol. The summed E-state index contributed by atoms with van der Waals surface area (Å²) in [4.78, 5) is -0.292. The van der Waals surface area contributed by atoms with Gasteiger partial charge in [0.05, 0.1) is 22.8 Å². The van der Waals surface area contributed by atoms with Crippen molar-refractivity contribution in [1.29, 1.82) is 0 Å². The van der Waals surface area contributed by atoms with E-state index in [-0.39, 0.29) is 47.3 Å². The summed E-state index contributed by atoms with van der Waals surface area (Å²) in [5.74, 6) is -0.694. The number of ether oxygens (including phenoxy) is 1. The van der Waals surface area contributed by atoms with Crippen molar-refractivity contribution < 1.29 is 17.5 Å². The number of benzene rings is 1. The van der Waals surface area contributed by atoms with Crippen LogP contribution in [0.2, 0.25) is 10.0 Å². The third kappa shape index (κ3) is 3.08. The molecule has 0 bridgehead atoms. The quantitative estimate of drug-likeness (QED) is 0.902. The molecular formula is C11H13Cl2FN2O3S. The van der Waals surface area contributed by atoms with E-state index in [0.29, 0.717) is 0 Å². The molecule has 0 aromatic heterocycles. The van der Waals surface area contributed by atoms with Gasteiger partial charge in [0, 0.05) is 19.6 Å². The van der Waals surface area contributed by atoms with Gasteiger partial charge in [-0.15, -0.1) is 0 Å². The Bertz CT molecular complexity index is 589. The first-order valence-electron chi connectivity index (χ1n) is 5.82. The largest absolute Gasteiger partial charge is 0.374 e. The molecule has 1 fully saturated rings. The van der Waals surface area contributed by atoms with Crippen LogP contribution in [0.4, 0.5) is 4.39 Å². The highest BCUT2D eigenvalue weighted by atomic mass is 35.5. The molecule has 1 saturated heterocycles. The molecule has 0 amide bonds. The normalized spacial score (nSPS) is 21.1. The predicted octanol–water partition coefficient (Wildman–Crippen LogP) is 1.48. The Morgan fingerprint density at radius 3 is 2.55 bits per heavy atom. The van der Waals surface area contributed by atoms with Crippen molar-refractivity contribution in [2.24, 2.45) is 5.73 Å². The van der Waals surface area contributed by atoms with Crippen molar-refractivity contribution in [1.82, 2.24) is 4.31 Å². The van der Waals surface area contributed by atoms with Gasteiger partial charge in [-0.1, -0.05) is 23.2 Å². The molecule has 0 radical (unpaired) electrons. The molecule has 20 heavy (non-hydrogen) atoms. The number of rotatable bonds is 3. The highest BCUT2D eigenvalue weighted by molar-refractivity contribution is 7.89. The van der Waals surface area contributed by atoms with E-state index < -0.39 is 15.8 Å². The van der Waals surface area contributed by atoms with E-state index in [1.165, 1.54) is 4.31 Å². The minimum absolute atomic E-state index is 0.114. The number of nitrogens with two attached hydrogens (primary N) is 1. The Balaban J connectivity index is 2.40. The van der Waals surface area contributed by atoms with Crippen LogP contribution in [0.5, 0.6) is 0 Å². The summed E-state index contributed by atoms with van der Waals surface area (Å²) in [6, 6.07) is 1.84. The average Bonchev–Trinajstić information content (AvgIpc) is 2.37. The summed E-state index contributed by atoms with van der Waals surface area (Å²) in [5.41, 5.74) is 5.48. The highest BCUT2D eigenvalue weighted by Gasteiger charge is 2.33. The highest BCUT2D eigenvalue weighted by Crippen LogP contribution is 2.33. The molecule has 2 rings (SSSR count). The lowest BCUT2D eigenvalue weighted by Gasteiger charge is -2.31. The number of hydrogen-bond donors (Lipinski definition) is 1. The smallest absolute Gasteiger partial charge is 0.246 e. The van der Waals surface area contributed by atoms with Crippen molar-refractivity contribution in [3.05, 3.63) is 28.0 Å². The fourth-order valence-corrected chi connectivity index (χ4v) is 4.55. The summed E-state index contributed by atoms with van der Waals surface area (Å²) in [7, 11) is -3.92. The first-order valence-corrected chi connectivity index (χ1v) is 8.02. The minimum Gasteiger partial charge on any atom is -0.374 e. The Morgan fingerprint density at radius 2 is 2.00 bits per heavy atom. The molecule has 0 saturated carbocycles. The maximum Gasteiger partial charge on any atom is 0.246 e. The Labute approximate surface area is 126 Å². The second kappa shape index (κ2) is 6.13. The molecule has 1 atom stereocenters. The molecule has 2 N–H and O–H groups in total. The third-order valence-corrected chi connectivity index (χ3v) is 5.71. The summed E-state index contributed by atoms with van der Waals surface area (Å²) < 4.78 is 44.7. The molecule has 9 heteroatoms. The monoisotopic (exact) mass is 342 g/mol. The molecule has 5 nitrogen and oxygen atoms in total. The summed E-state index contributed by atoms with van der Waals surface area (Å²) in [6.07, 6.45) is -0.378. The van der Waals surface area contributed by atoms with Crippen LogP contribution in [0.1, 0.15) is 0 Å². The van der Waals surface area contributed by atoms with Crippen LogP contribution in [0.25, 0.3) is 0 Å². The molecule has 1 heterocycles. The topological polar surface area (TPSA) is 72.6 Å². The standard InChI is InChI=1S/C11H13Cl2FN2O3S/c12-9-3-7(14)4-10(13)11(9)20(17,18)16-1-2-19-8(5-15)6-16/h3-4,8H,1-2,5-6,15H2. The number of hydrogen-bond acceptors (Lipinski definition) is 4. The molecule has 0 spiro atoms. The Morgan fingerprint density at radius 1 is 1.40 bits per heavy atom. The van der Waals surface area contributed by atoms with Crippen molar-refractivity contribution >= 4 is 33.2 Å². The van der Waals surface area contributed by atoms with E-state index in [9.17, 15) is 12.8 Å². The van der Waals surface area contributed by atoms with Gasteiger partial charge >= 0.3 is 0 Å². The molecule has 1 aliphatic heterocycles. The van der Waals surface area contributed by atoms with Crippen LogP contribution in [0, 0.1) is 5.82 Å². The first-order chi connectivity index (χ1) is 9.36. The van der Waals surface area contributed by atoms with Crippen LogP contribution >= 0.6 is 23.2 Å². The van der Waals surface area contributed by atoms with Gasteiger partial charge in [-0.3, -0.25) is 0 Å². The lowest BCUT2D eigenvalue weighted by atomic mass is 10.3. The molecule has 1 aliphatic rings. The van der Waals surface area contributed by atoms with E-state index in [0.717, 1.165) is 12.1 Å². The minimum atomic E-state index is -3.92. The van der Waals surface area contributed by atoms with Crippen LogP contribution < -0.4 is 5.73 Å². The fraction of sp³-hybridized carbons (Fsp3) is 0.455. The zero-order valence-electron chi connectivity index (χ0n) is 10.4. The summed E-state index contributed by atoms with van der Waals surface area (Å²) in [6.45, 7) is 0.722. The van der Waals surface area contributed by atoms with Gasteiger partial charge in [-0.25, -0.2) is 12.8 Å². The lowest BCUT2D eigenvalue weighted by molar-refractivity contribution is 0.00451. The summed E-state index contributed by atoms with van der Waals surface area (Å²) >= 11 is 11.6. The van der Waals surface area contributed by atoms with Crippen LogP contribution in [-0.2, 0) is 14.8 Å².